The average molecular weight is 436 g/mol. The zero-order valence-corrected chi connectivity index (χ0v) is 18.0. The second-order valence-corrected chi connectivity index (χ2v) is 8.61. The van der Waals surface area contributed by atoms with Crippen molar-refractivity contribution in [3.05, 3.63) is 108 Å². The van der Waals surface area contributed by atoms with E-state index in [1.165, 1.54) is 28.5 Å². The monoisotopic (exact) mass is 435 g/mol. The van der Waals surface area contributed by atoms with Crippen LogP contribution in [0.2, 0.25) is 0 Å². The Hall–Kier alpha value is -3.99. The Morgan fingerprint density at radius 3 is 2.48 bits per heavy atom. The molecule has 1 unspecified atom stereocenters. The zero-order chi connectivity index (χ0) is 22.4. The molecule has 33 heavy (non-hydrogen) atoms. The summed E-state index contributed by atoms with van der Waals surface area (Å²) < 4.78 is 15.6. The lowest BCUT2D eigenvalue weighted by atomic mass is 10.1. The molecule has 1 aromatic heterocycles. The van der Waals surface area contributed by atoms with E-state index < -0.39 is 0 Å². The zero-order valence-electron chi connectivity index (χ0n) is 18.0. The molecule has 4 nitrogen and oxygen atoms in total. The quantitative estimate of drug-likeness (QED) is 0.353. The van der Waals surface area contributed by atoms with Crippen LogP contribution in [0.25, 0.3) is 21.8 Å². The summed E-state index contributed by atoms with van der Waals surface area (Å²) in [6, 6.07) is 29.1. The van der Waals surface area contributed by atoms with Gasteiger partial charge in [0.2, 0.25) is 5.91 Å². The van der Waals surface area contributed by atoms with E-state index in [4.69, 9.17) is 4.98 Å². The van der Waals surface area contributed by atoms with E-state index in [2.05, 4.69) is 47.0 Å². The van der Waals surface area contributed by atoms with Gasteiger partial charge in [-0.2, -0.15) is 0 Å². The molecule has 2 heterocycles. The van der Waals surface area contributed by atoms with Crippen LogP contribution in [-0.2, 0) is 11.3 Å². The number of hydrogen-bond acceptors (Lipinski definition) is 2. The summed E-state index contributed by atoms with van der Waals surface area (Å²) in [6.45, 7) is 1.22. The number of anilines is 1. The first kappa shape index (κ1) is 19.7. The fraction of sp³-hybridized carbons (Fsp3) is 0.143. The predicted molar refractivity (Wildman–Crippen MR) is 129 cm³/mol. The van der Waals surface area contributed by atoms with E-state index in [1.807, 2.05) is 24.3 Å². The first-order chi connectivity index (χ1) is 16.2. The molecule has 1 amide bonds. The third kappa shape index (κ3) is 3.55. The lowest BCUT2D eigenvalue weighted by molar-refractivity contribution is -0.117. The summed E-state index contributed by atoms with van der Waals surface area (Å²) in [6.07, 6.45) is 0.387. The smallest absolute Gasteiger partial charge is 0.227 e. The van der Waals surface area contributed by atoms with Gasteiger partial charge in [-0.25, -0.2) is 9.37 Å². The first-order valence-corrected chi connectivity index (χ1v) is 11.1. The fourth-order valence-corrected chi connectivity index (χ4v) is 4.84. The molecule has 1 atom stereocenters. The van der Waals surface area contributed by atoms with Gasteiger partial charge in [0.1, 0.15) is 11.6 Å². The van der Waals surface area contributed by atoms with E-state index in [9.17, 15) is 9.18 Å². The SMILES string of the molecule is O=C1CC(c2nc3ccccc3n2Cc2ccc3ccccc3c2)CN1c1ccc(F)cc1. The number of rotatable bonds is 4. The summed E-state index contributed by atoms with van der Waals surface area (Å²) in [5.74, 6) is 0.618. The average Bonchev–Trinajstić information content (AvgIpc) is 3.40. The van der Waals surface area contributed by atoms with E-state index in [-0.39, 0.29) is 17.6 Å². The number of fused-ring (bicyclic) bond motifs is 2. The third-order valence-electron chi connectivity index (χ3n) is 6.47. The lowest BCUT2D eigenvalue weighted by Gasteiger charge is -2.17. The Morgan fingerprint density at radius 2 is 1.64 bits per heavy atom. The summed E-state index contributed by atoms with van der Waals surface area (Å²) in [4.78, 5) is 19.6. The highest BCUT2D eigenvalue weighted by Crippen LogP contribution is 2.34. The van der Waals surface area contributed by atoms with Crippen LogP contribution in [-0.4, -0.2) is 22.0 Å². The molecule has 0 saturated carbocycles. The van der Waals surface area contributed by atoms with Crippen LogP contribution >= 0.6 is 0 Å². The van der Waals surface area contributed by atoms with Crippen LogP contribution < -0.4 is 4.90 Å². The van der Waals surface area contributed by atoms with Crippen molar-refractivity contribution in [3.63, 3.8) is 0 Å². The Kier molecular flexibility index (Phi) is 4.68. The topological polar surface area (TPSA) is 38.1 Å². The molecular weight excluding hydrogens is 413 g/mol. The summed E-state index contributed by atoms with van der Waals surface area (Å²) in [5.41, 5.74) is 3.91. The Bertz CT molecular complexity index is 1490. The van der Waals surface area contributed by atoms with Gasteiger partial charge in [-0.3, -0.25) is 4.79 Å². The van der Waals surface area contributed by atoms with Crippen molar-refractivity contribution in [3.8, 4) is 0 Å². The molecule has 1 fully saturated rings. The fourth-order valence-electron chi connectivity index (χ4n) is 4.84. The number of halogens is 1. The Labute approximate surface area is 190 Å². The van der Waals surface area contributed by atoms with Crippen LogP contribution in [0.15, 0.2) is 91.0 Å². The van der Waals surface area contributed by atoms with Crippen LogP contribution in [0.3, 0.4) is 0 Å². The maximum absolute atomic E-state index is 13.4. The van der Waals surface area contributed by atoms with Gasteiger partial charge in [-0.15, -0.1) is 0 Å². The van der Waals surface area contributed by atoms with Crippen LogP contribution in [0.4, 0.5) is 10.1 Å². The minimum Gasteiger partial charge on any atom is -0.323 e. The van der Waals surface area contributed by atoms with Gasteiger partial charge in [0.05, 0.1) is 11.0 Å². The maximum atomic E-state index is 13.4. The molecule has 1 saturated heterocycles. The van der Waals surface area contributed by atoms with Crippen molar-refractivity contribution >= 4 is 33.4 Å². The molecule has 5 heteroatoms. The van der Waals surface area contributed by atoms with Crippen molar-refractivity contribution in [1.29, 1.82) is 0 Å². The lowest BCUT2D eigenvalue weighted by Crippen LogP contribution is -2.24. The molecule has 162 valence electrons. The number of nitrogens with zero attached hydrogens (tertiary/aromatic N) is 3. The third-order valence-corrected chi connectivity index (χ3v) is 6.47. The molecule has 0 spiro atoms. The van der Waals surface area contributed by atoms with Gasteiger partial charge >= 0.3 is 0 Å². The van der Waals surface area contributed by atoms with E-state index >= 15 is 0 Å². The highest BCUT2D eigenvalue weighted by atomic mass is 19.1. The predicted octanol–water partition coefficient (Wildman–Crippen LogP) is 5.90. The molecule has 6 rings (SSSR count). The van der Waals surface area contributed by atoms with Crippen molar-refractivity contribution in [2.75, 3.05) is 11.4 Å². The second kappa shape index (κ2) is 7.85. The normalized spacial score (nSPS) is 16.2. The number of hydrogen-bond donors (Lipinski definition) is 0. The minimum absolute atomic E-state index is 0.0320. The number of benzene rings is 4. The molecule has 0 N–H and O–H groups in total. The van der Waals surface area contributed by atoms with E-state index in [0.29, 0.717) is 19.5 Å². The highest BCUT2D eigenvalue weighted by molar-refractivity contribution is 5.96. The van der Waals surface area contributed by atoms with E-state index in [1.54, 1.807) is 17.0 Å². The molecule has 0 bridgehead atoms. The molecule has 0 aliphatic carbocycles. The summed E-state index contributed by atoms with van der Waals surface area (Å²) in [7, 11) is 0. The largest absolute Gasteiger partial charge is 0.323 e. The van der Waals surface area contributed by atoms with Crippen molar-refractivity contribution < 1.29 is 9.18 Å². The molecule has 4 aromatic carbocycles. The van der Waals surface area contributed by atoms with E-state index in [0.717, 1.165) is 22.5 Å². The number of aromatic nitrogens is 2. The van der Waals surface area contributed by atoms with Gasteiger partial charge in [0.15, 0.2) is 0 Å². The summed E-state index contributed by atoms with van der Waals surface area (Å²) >= 11 is 0. The second-order valence-electron chi connectivity index (χ2n) is 8.61. The minimum atomic E-state index is -0.306. The molecule has 1 aliphatic rings. The Morgan fingerprint density at radius 1 is 0.879 bits per heavy atom. The number of carbonyl (C=O) groups is 1. The number of para-hydroxylation sites is 2. The Balaban J connectivity index is 1.38. The van der Waals surface area contributed by atoms with Crippen molar-refractivity contribution in [2.24, 2.45) is 0 Å². The van der Waals surface area contributed by atoms with Crippen LogP contribution in [0, 0.1) is 5.82 Å². The number of amides is 1. The number of carbonyl (C=O) groups excluding carboxylic acids is 1. The van der Waals surface area contributed by atoms with Crippen LogP contribution in [0.1, 0.15) is 23.7 Å². The molecule has 5 aromatic rings. The maximum Gasteiger partial charge on any atom is 0.227 e. The van der Waals surface area contributed by atoms with Gasteiger partial charge in [0, 0.05) is 31.1 Å². The molecular formula is C28H22FN3O. The number of imidazole rings is 1. The van der Waals surface area contributed by atoms with Crippen LogP contribution in [0.5, 0.6) is 0 Å². The van der Waals surface area contributed by atoms with Crippen molar-refractivity contribution in [2.45, 2.75) is 18.9 Å². The van der Waals surface area contributed by atoms with Gasteiger partial charge in [0.25, 0.3) is 0 Å². The molecule has 0 radical (unpaired) electrons. The van der Waals surface area contributed by atoms with Crippen molar-refractivity contribution in [1.82, 2.24) is 9.55 Å². The molecule has 1 aliphatic heterocycles. The highest BCUT2D eigenvalue weighted by Gasteiger charge is 2.34. The van der Waals surface area contributed by atoms with Gasteiger partial charge < -0.3 is 9.47 Å². The van der Waals surface area contributed by atoms with Gasteiger partial charge in [-0.1, -0.05) is 48.5 Å². The summed E-state index contributed by atoms with van der Waals surface area (Å²) in [5, 5.41) is 2.42. The first-order valence-electron chi connectivity index (χ1n) is 11.1. The van der Waals surface area contributed by atoms with Gasteiger partial charge in [-0.05, 0) is 58.8 Å². The standard InChI is InChI=1S/C28H22FN3O/c29-23-11-13-24(14-12-23)31-18-22(16-27(31)33)28-30-25-7-3-4-8-26(25)32(28)17-19-9-10-20-5-1-2-6-21(20)15-19/h1-15,22H,16-18H2.